The Morgan fingerprint density at radius 1 is 1.04 bits per heavy atom. The molecule has 0 unspecified atom stereocenters. The molecule has 2 aromatic rings. The highest BCUT2D eigenvalue weighted by Gasteiger charge is 2.24. The molecular weight excluding hydrogens is 328 g/mol. The summed E-state index contributed by atoms with van der Waals surface area (Å²) in [4.78, 5) is 12.5. The van der Waals surface area contributed by atoms with Gasteiger partial charge in [0, 0.05) is 29.0 Å². The van der Waals surface area contributed by atoms with Crippen LogP contribution in [0.1, 0.15) is 25.8 Å². The fourth-order valence-electron chi connectivity index (χ4n) is 2.33. The second kappa shape index (κ2) is 8.29. The van der Waals surface area contributed by atoms with Crippen LogP contribution in [0.5, 0.6) is 0 Å². The lowest BCUT2D eigenvalue weighted by atomic mass is 9.84. The van der Waals surface area contributed by atoms with Gasteiger partial charge >= 0.3 is 0 Å². The molecule has 0 fully saturated rings. The Bertz CT molecular complexity index is 703. The molecule has 0 radical (unpaired) electrons. The molecule has 0 aliphatic carbocycles. The third-order valence-electron chi connectivity index (χ3n) is 3.75. The van der Waals surface area contributed by atoms with E-state index in [0.29, 0.717) is 22.8 Å². The molecular formula is C19H21F2NOS. The molecule has 2 rings (SSSR count). The van der Waals surface area contributed by atoms with Gasteiger partial charge in [-0.25, -0.2) is 8.78 Å². The summed E-state index contributed by atoms with van der Waals surface area (Å²) in [5.41, 5.74) is 0.0747. The first-order valence-corrected chi connectivity index (χ1v) is 8.78. The summed E-state index contributed by atoms with van der Waals surface area (Å²) in [7, 11) is 0. The first kappa shape index (κ1) is 18.5. The zero-order valence-electron chi connectivity index (χ0n) is 13.8. The molecule has 0 heterocycles. The maximum atomic E-state index is 13.9. The Morgan fingerprint density at radius 2 is 1.67 bits per heavy atom. The number of hydrogen-bond donors (Lipinski definition) is 1. The van der Waals surface area contributed by atoms with Gasteiger partial charge in [-0.2, -0.15) is 0 Å². The maximum absolute atomic E-state index is 13.9. The van der Waals surface area contributed by atoms with Crippen molar-refractivity contribution in [1.29, 1.82) is 0 Å². The second-order valence-corrected chi connectivity index (χ2v) is 7.31. The van der Waals surface area contributed by atoms with Gasteiger partial charge in [0.25, 0.3) is 0 Å². The van der Waals surface area contributed by atoms with Crippen LogP contribution >= 0.6 is 11.8 Å². The summed E-state index contributed by atoms with van der Waals surface area (Å²) in [6.07, 6.45) is 0.284. The third-order valence-corrected chi connectivity index (χ3v) is 4.80. The van der Waals surface area contributed by atoms with Gasteiger partial charge in [-0.05, 0) is 23.8 Å². The molecule has 5 heteroatoms. The Hall–Kier alpha value is -1.88. The maximum Gasteiger partial charge on any atom is 0.220 e. The summed E-state index contributed by atoms with van der Waals surface area (Å²) in [6.45, 7) is 4.12. The van der Waals surface area contributed by atoms with Crippen LogP contribution in [-0.4, -0.2) is 18.2 Å². The van der Waals surface area contributed by atoms with Crippen molar-refractivity contribution in [2.24, 2.45) is 0 Å². The van der Waals surface area contributed by atoms with Crippen molar-refractivity contribution in [2.75, 3.05) is 12.3 Å². The average Bonchev–Trinajstić information content (AvgIpc) is 2.55. The van der Waals surface area contributed by atoms with Crippen LogP contribution in [-0.2, 0) is 10.2 Å². The van der Waals surface area contributed by atoms with E-state index in [9.17, 15) is 13.6 Å². The Morgan fingerprint density at radius 3 is 2.33 bits per heavy atom. The van der Waals surface area contributed by atoms with Gasteiger partial charge in [0.15, 0.2) is 0 Å². The molecule has 2 aromatic carbocycles. The third kappa shape index (κ3) is 5.06. The van der Waals surface area contributed by atoms with E-state index < -0.39 is 5.41 Å². The number of thioether (sulfide) groups is 1. The SMILES string of the molecule is CC(C)(CNC(=O)CCSc1ccccc1F)c1ccccc1F. The number of amides is 1. The van der Waals surface area contributed by atoms with Gasteiger partial charge in [-0.15, -0.1) is 11.8 Å². The highest BCUT2D eigenvalue weighted by atomic mass is 32.2. The molecule has 0 saturated heterocycles. The van der Waals surface area contributed by atoms with E-state index in [1.165, 1.54) is 23.9 Å². The van der Waals surface area contributed by atoms with Crippen molar-refractivity contribution in [2.45, 2.75) is 30.6 Å². The number of benzene rings is 2. The molecule has 0 aliphatic rings. The van der Waals surface area contributed by atoms with E-state index in [2.05, 4.69) is 5.32 Å². The van der Waals surface area contributed by atoms with E-state index in [-0.39, 0.29) is 24.0 Å². The fourth-order valence-corrected chi connectivity index (χ4v) is 3.22. The topological polar surface area (TPSA) is 29.1 Å². The molecule has 2 nitrogen and oxygen atoms in total. The van der Waals surface area contributed by atoms with Gasteiger partial charge in [-0.1, -0.05) is 44.2 Å². The smallest absolute Gasteiger partial charge is 0.220 e. The summed E-state index contributed by atoms with van der Waals surface area (Å²) >= 11 is 1.31. The van der Waals surface area contributed by atoms with Gasteiger partial charge in [-0.3, -0.25) is 4.79 Å². The summed E-state index contributed by atoms with van der Waals surface area (Å²) in [5.74, 6) is -0.175. The first-order valence-electron chi connectivity index (χ1n) is 7.79. The second-order valence-electron chi connectivity index (χ2n) is 6.17. The van der Waals surface area contributed by atoms with Crippen molar-refractivity contribution in [3.05, 3.63) is 65.7 Å². The summed E-state index contributed by atoms with van der Waals surface area (Å²) in [6, 6.07) is 13.1. The molecule has 0 aliphatic heterocycles. The molecule has 1 amide bonds. The van der Waals surface area contributed by atoms with Crippen molar-refractivity contribution < 1.29 is 13.6 Å². The van der Waals surface area contributed by atoms with Gasteiger partial charge in [0.2, 0.25) is 5.91 Å². The molecule has 0 atom stereocenters. The van der Waals surface area contributed by atoms with Gasteiger partial charge in [0.1, 0.15) is 11.6 Å². The highest BCUT2D eigenvalue weighted by Crippen LogP contribution is 2.25. The van der Waals surface area contributed by atoms with Crippen molar-refractivity contribution in [3.8, 4) is 0 Å². The quantitative estimate of drug-likeness (QED) is 0.744. The van der Waals surface area contributed by atoms with Crippen LogP contribution in [0.25, 0.3) is 0 Å². The molecule has 0 saturated carbocycles. The van der Waals surface area contributed by atoms with Gasteiger partial charge < -0.3 is 5.32 Å². The summed E-state index contributed by atoms with van der Waals surface area (Å²) in [5, 5.41) is 2.84. The largest absolute Gasteiger partial charge is 0.355 e. The van der Waals surface area contributed by atoms with Crippen LogP contribution in [0.4, 0.5) is 8.78 Å². The standard InChI is InChI=1S/C19H21F2NOS/c1-19(2,14-7-3-4-8-15(14)20)13-22-18(23)11-12-24-17-10-6-5-9-16(17)21/h3-10H,11-13H2,1-2H3,(H,22,23). The van der Waals surface area contributed by atoms with E-state index in [0.717, 1.165) is 0 Å². The Kier molecular flexibility index (Phi) is 6.37. The van der Waals surface area contributed by atoms with E-state index in [1.807, 2.05) is 13.8 Å². The molecule has 0 bridgehead atoms. The van der Waals surface area contributed by atoms with Crippen LogP contribution in [0.2, 0.25) is 0 Å². The predicted molar refractivity (Wildman–Crippen MR) is 94.2 cm³/mol. The number of carbonyl (C=O) groups excluding carboxylic acids is 1. The monoisotopic (exact) mass is 349 g/mol. The van der Waals surface area contributed by atoms with Crippen molar-refractivity contribution in [3.63, 3.8) is 0 Å². The van der Waals surface area contributed by atoms with Crippen LogP contribution in [0, 0.1) is 11.6 Å². The minimum atomic E-state index is -0.500. The molecule has 1 N–H and O–H groups in total. The van der Waals surface area contributed by atoms with Crippen LogP contribution in [0.15, 0.2) is 53.4 Å². The van der Waals surface area contributed by atoms with Crippen molar-refractivity contribution >= 4 is 17.7 Å². The number of rotatable bonds is 7. The molecule has 0 aromatic heterocycles. The number of halogens is 2. The molecule has 0 spiro atoms. The van der Waals surface area contributed by atoms with E-state index in [1.54, 1.807) is 36.4 Å². The summed E-state index contributed by atoms with van der Waals surface area (Å²) < 4.78 is 27.4. The normalized spacial score (nSPS) is 11.3. The average molecular weight is 349 g/mol. The predicted octanol–water partition coefficient (Wildman–Crippen LogP) is 4.54. The lowest BCUT2D eigenvalue weighted by Gasteiger charge is -2.26. The van der Waals surface area contributed by atoms with E-state index >= 15 is 0 Å². The Labute approximate surface area is 145 Å². The lowest BCUT2D eigenvalue weighted by molar-refractivity contribution is -0.120. The lowest BCUT2D eigenvalue weighted by Crippen LogP contribution is -2.37. The number of carbonyl (C=O) groups is 1. The molecule has 128 valence electrons. The van der Waals surface area contributed by atoms with E-state index in [4.69, 9.17) is 0 Å². The fraction of sp³-hybridized carbons (Fsp3) is 0.316. The Balaban J connectivity index is 1.81. The highest BCUT2D eigenvalue weighted by molar-refractivity contribution is 7.99. The first-order chi connectivity index (χ1) is 11.4. The zero-order valence-corrected chi connectivity index (χ0v) is 14.6. The number of hydrogen-bond acceptors (Lipinski definition) is 2. The minimum Gasteiger partial charge on any atom is -0.355 e. The minimum absolute atomic E-state index is 0.122. The zero-order chi connectivity index (χ0) is 17.6. The number of nitrogens with one attached hydrogen (secondary N) is 1. The van der Waals surface area contributed by atoms with Crippen LogP contribution < -0.4 is 5.32 Å². The van der Waals surface area contributed by atoms with Gasteiger partial charge in [0.05, 0.1) is 0 Å². The van der Waals surface area contributed by atoms with Crippen molar-refractivity contribution in [1.82, 2.24) is 5.32 Å². The molecule has 24 heavy (non-hydrogen) atoms. The van der Waals surface area contributed by atoms with Crippen LogP contribution in [0.3, 0.4) is 0 Å².